The van der Waals surface area contributed by atoms with Crippen LogP contribution in [0.5, 0.6) is 5.75 Å². The fourth-order valence-corrected chi connectivity index (χ4v) is 2.95. The molecule has 0 fully saturated rings. The maximum atomic E-state index is 13.2. The van der Waals surface area contributed by atoms with E-state index in [9.17, 15) is 19.3 Å². The summed E-state index contributed by atoms with van der Waals surface area (Å²) >= 11 is 1.25. The van der Waals surface area contributed by atoms with Gasteiger partial charge in [-0.2, -0.15) is 0 Å². The number of ether oxygens (including phenoxy) is 1. The zero-order valence-corrected chi connectivity index (χ0v) is 14.2. The van der Waals surface area contributed by atoms with Crippen molar-refractivity contribution in [2.75, 3.05) is 5.32 Å². The van der Waals surface area contributed by atoms with Crippen molar-refractivity contribution in [3.63, 3.8) is 0 Å². The average molecular weight is 372 g/mol. The minimum Gasteiger partial charge on any atom is -0.489 e. The number of hydrogen-bond donors (Lipinski definition) is 1. The normalized spacial score (nSPS) is 10.3. The Balaban J connectivity index is 1.58. The van der Waals surface area contributed by atoms with E-state index in [0.29, 0.717) is 16.3 Å². The quantitative estimate of drug-likeness (QED) is 0.505. The lowest BCUT2D eigenvalue weighted by molar-refractivity contribution is -0.384. The van der Waals surface area contributed by atoms with Gasteiger partial charge in [0.15, 0.2) is 0 Å². The number of nitro benzene ring substituents is 1. The zero-order chi connectivity index (χ0) is 18.5. The standard InChI is InChI=1S/C18H13FN2O4S/c19-13-2-1-3-14(9-13)20-18(22)17-8-12(11-26-17)10-25-16-6-4-15(5-7-16)21(23)24/h1-9,11H,10H2,(H,20,22). The van der Waals surface area contributed by atoms with Crippen LogP contribution in [-0.2, 0) is 6.61 Å². The maximum Gasteiger partial charge on any atom is 0.269 e. The maximum absolute atomic E-state index is 13.2. The Morgan fingerprint density at radius 2 is 1.96 bits per heavy atom. The van der Waals surface area contributed by atoms with Gasteiger partial charge in [-0.05, 0) is 41.8 Å². The highest BCUT2D eigenvalue weighted by atomic mass is 32.1. The van der Waals surface area contributed by atoms with Gasteiger partial charge in [0.1, 0.15) is 18.2 Å². The molecule has 1 aromatic heterocycles. The van der Waals surface area contributed by atoms with Crippen molar-refractivity contribution in [2.24, 2.45) is 0 Å². The molecule has 6 nitrogen and oxygen atoms in total. The van der Waals surface area contributed by atoms with E-state index in [1.807, 2.05) is 0 Å². The van der Waals surface area contributed by atoms with Crippen molar-refractivity contribution in [1.29, 1.82) is 0 Å². The summed E-state index contributed by atoms with van der Waals surface area (Å²) in [6.07, 6.45) is 0. The molecular formula is C18H13FN2O4S. The molecule has 1 amide bonds. The molecule has 1 heterocycles. The summed E-state index contributed by atoms with van der Waals surface area (Å²) in [5.41, 5.74) is 1.16. The van der Waals surface area contributed by atoms with Gasteiger partial charge in [-0.3, -0.25) is 14.9 Å². The predicted molar refractivity (Wildman–Crippen MR) is 96.1 cm³/mol. The van der Waals surface area contributed by atoms with Gasteiger partial charge in [0.25, 0.3) is 11.6 Å². The molecule has 0 aliphatic carbocycles. The summed E-state index contributed by atoms with van der Waals surface area (Å²) in [6.45, 7) is 0.224. The number of rotatable bonds is 6. The average Bonchev–Trinajstić information content (AvgIpc) is 3.09. The minimum absolute atomic E-state index is 0.0100. The van der Waals surface area contributed by atoms with Crippen molar-refractivity contribution in [3.05, 3.63) is 86.3 Å². The third kappa shape index (κ3) is 4.42. The molecule has 8 heteroatoms. The van der Waals surface area contributed by atoms with E-state index in [1.165, 1.54) is 53.8 Å². The van der Waals surface area contributed by atoms with E-state index in [4.69, 9.17) is 4.74 Å². The van der Waals surface area contributed by atoms with E-state index in [1.54, 1.807) is 17.5 Å². The first-order valence-corrected chi connectivity index (χ1v) is 8.41. The smallest absolute Gasteiger partial charge is 0.269 e. The number of carbonyl (C=O) groups is 1. The van der Waals surface area contributed by atoms with Gasteiger partial charge in [0.2, 0.25) is 0 Å². The van der Waals surface area contributed by atoms with Crippen LogP contribution in [0.1, 0.15) is 15.2 Å². The lowest BCUT2D eigenvalue weighted by Crippen LogP contribution is -2.10. The summed E-state index contributed by atoms with van der Waals surface area (Å²) in [4.78, 5) is 22.8. The van der Waals surface area contributed by atoms with Crippen LogP contribution >= 0.6 is 11.3 Å². The molecule has 2 aromatic carbocycles. The first kappa shape index (κ1) is 17.6. The molecule has 0 atom stereocenters. The number of nitrogens with zero attached hydrogens (tertiary/aromatic N) is 1. The number of anilines is 1. The van der Waals surface area contributed by atoms with E-state index in [0.717, 1.165) is 5.56 Å². The first-order valence-electron chi connectivity index (χ1n) is 7.53. The molecule has 0 saturated carbocycles. The molecule has 0 spiro atoms. The van der Waals surface area contributed by atoms with Crippen LogP contribution in [0.4, 0.5) is 15.8 Å². The molecule has 0 aliphatic heterocycles. The van der Waals surface area contributed by atoms with Crippen LogP contribution in [0.25, 0.3) is 0 Å². The number of carbonyl (C=O) groups excluding carboxylic acids is 1. The van der Waals surface area contributed by atoms with Crippen molar-refractivity contribution in [1.82, 2.24) is 0 Å². The van der Waals surface area contributed by atoms with E-state index < -0.39 is 10.7 Å². The van der Waals surface area contributed by atoms with Crippen molar-refractivity contribution >= 4 is 28.6 Å². The van der Waals surface area contributed by atoms with Crippen LogP contribution in [0, 0.1) is 15.9 Å². The van der Waals surface area contributed by atoms with Gasteiger partial charge in [0, 0.05) is 23.4 Å². The zero-order valence-electron chi connectivity index (χ0n) is 13.3. The van der Waals surface area contributed by atoms with E-state index in [-0.39, 0.29) is 18.2 Å². The van der Waals surface area contributed by atoms with Gasteiger partial charge in [-0.1, -0.05) is 6.07 Å². The Labute approximate surface area is 152 Å². The number of thiophene rings is 1. The van der Waals surface area contributed by atoms with Crippen molar-refractivity contribution < 1.29 is 18.8 Å². The van der Waals surface area contributed by atoms with Crippen LogP contribution in [-0.4, -0.2) is 10.8 Å². The topological polar surface area (TPSA) is 81.5 Å². The lowest BCUT2D eigenvalue weighted by Gasteiger charge is -2.04. The minimum atomic E-state index is -0.480. The molecular weight excluding hydrogens is 359 g/mol. The molecule has 0 unspecified atom stereocenters. The number of non-ortho nitro benzene ring substituents is 1. The lowest BCUT2D eigenvalue weighted by atomic mass is 10.3. The molecule has 0 aliphatic rings. The van der Waals surface area contributed by atoms with Crippen LogP contribution < -0.4 is 10.1 Å². The Hall–Kier alpha value is -3.26. The van der Waals surface area contributed by atoms with Crippen LogP contribution in [0.2, 0.25) is 0 Å². The van der Waals surface area contributed by atoms with Gasteiger partial charge < -0.3 is 10.1 Å². The van der Waals surface area contributed by atoms with E-state index in [2.05, 4.69) is 5.32 Å². The predicted octanol–water partition coefficient (Wildman–Crippen LogP) is 4.63. The monoisotopic (exact) mass is 372 g/mol. The number of hydrogen-bond acceptors (Lipinski definition) is 5. The third-order valence-corrected chi connectivity index (χ3v) is 4.39. The Morgan fingerprint density at radius 3 is 2.65 bits per heavy atom. The summed E-state index contributed by atoms with van der Waals surface area (Å²) in [6, 6.07) is 13.1. The highest BCUT2D eigenvalue weighted by Crippen LogP contribution is 2.21. The highest BCUT2D eigenvalue weighted by molar-refractivity contribution is 7.12. The van der Waals surface area contributed by atoms with E-state index >= 15 is 0 Å². The summed E-state index contributed by atoms with van der Waals surface area (Å²) in [7, 11) is 0. The summed E-state index contributed by atoms with van der Waals surface area (Å²) < 4.78 is 18.7. The van der Waals surface area contributed by atoms with Crippen LogP contribution in [0.15, 0.2) is 60.0 Å². The van der Waals surface area contributed by atoms with Gasteiger partial charge in [0.05, 0.1) is 9.80 Å². The van der Waals surface area contributed by atoms with Gasteiger partial charge in [-0.25, -0.2) is 4.39 Å². The van der Waals surface area contributed by atoms with Crippen molar-refractivity contribution in [2.45, 2.75) is 6.61 Å². The second kappa shape index (κ2) is 7.75. The van der Waals surface area contributed by atoms with Gasteiger partial charge >= 0.3 is 0 Å². The second-order valence-electron chi connectivity index (χ2n) is 5.32. The Morgan fingerprint density at radius 1 is 1.19 bits per heavy atom. The van der Waals surface area contributed by atoms with Crippen molar-refractivity contribution in [3.8, 4) is 5.75 Å². The number of nitro groups is 1. The first-order chi connectivity index (χ1) is 12.5. The fraction of sp³-hybridized carbons (Fsp3) is 0.0556. The molecule has 0 bridgehead atoms. The summed E-state index contributed by atoms with van der Waals surface area (Å²) in [5, 5.41) is 15.0. The molecule has 0 radical (unpaired) electrons. The van der Waals surface area contributed by atoms with Crippen LogP contribution in [0.3, 0.4) is 0 Å². The molecule has 132 valence electrons. The molecule has 3 rings (SSSR count). The number of amides is 1. The fourth-order valence-electron chi connectivity index (χ4n) is 2.16. The largest absolute Gasteiger partial charge is 0.489 e. The highest BCUT2D eigenvalue weighted by Gasteiger charge is 2.11. The molecule has 3 aromatic rings. The SMILES string of the molecule is O=C(Nc1cccc(F)c1)c1cc(COc2ccc([N+](=O)[O-])cc2)cs1. The molecule has 0 saturated heterocycles. The number of benzene rings is 2. The summed E-state index contributed by atoms with van der Waals surface area (Å²) in [5.74, 6) is -0.263. The molecule has 26 heavy (non-hydrogen) atoms. The van der Waals surface area contributed by atoms with Gasteiger partial charge in [-0.15, -0.1) is 11.3 Å². The Bertz CT molecular complexity index is 940. The molecule has 1 N–H and O–H groups in total. The third-order valence-electron chi connectivity index (χ3n) is 3.41. The second-order valence-corrected chi connectivity index (χ2v) is 6.23. The Kier molecular flexibility index (Phi) is 5.23. The number of nitrogens with one attached hydrogen (secondary N) is 1. The number of halogens is 1.